The summed E-state index contributed by atoms with van der Waals surface area (Å²) in [5.74, 6) is 2.04. The third-order valence-corrected chi connectivity index (χ3v) is 3.87. The zero-order valence-corrected chi connectivity index (χ0v) is 12.3. The summed E-state index contributed by atoms with van der Waals surface area (Å²) in [6.45, 7) is 7.86. The number of furan rings is 1. The number of hydrogen-bond acceptors (Lipinski definition) is 3. The number of nitrogens with one attached hydrogen (secondary N) is 1. The molecule has 0 saturated carbocycles. The third-order valence-electron chi connectivity index (χ3n) is 3.87. The van der Waals surface area contributed by atoms with Gasteiger partial charge < -0.3 is 14.6 Å². The minimum atomic E-state index is 0.859. The molecule has 0 aromatic carbocycles. The molecule has 2 heterocycles. The summed E-state index contributed by atoms with van der Waals surface area (Å²) in [7, 11) is 0. The van der Waals surface area contributed by atoms with E-state index in [0.29, 0.717) is 0 Å². The van der Waals surface area contributed by atoms with Crippen molar-refractivity contribution in [2.75, 3.05) is 26.2 Å². The van der Waals surface area contributed by atoms with Crippen molar-refractivity contribution in [2.45, 2.75) is 52.0 Å². The van der Waals surface area contributed by atoms with Crippen LogP contribution in [0.3, 0.4) is 0 Å². The molecule has 0 atom stereocenters. The van der Waals surface area contributed by atoms with E-state index in [2.05, 4.69) is 16.3 Å². The van der Waals surface area contributed by atoms with Crippen molar-refractivity contribution in [2.24, 2.45) is 0 Å². The molecule has 0 spiro atoms. The van der Waals surface area contributed by atoms with Crippen LogP contribution >= 0.6 is 0 Å². The second-order valence-corrected chi connectivity index (χ2v) is 5.65. The molecule has 1 N–H and O–H groups in total. The fourth-order valence-electron chi connectivity index (χ4n) is 2.74. The van der Waals surface area contributed by atoms with Crippen LogP contribution in [-0.4, -0.2) is 31.1 Å². The first-order valence-corrected chi connectivity index (χ1v) is 7.83. The molecule has 0 unspecified atom stereocenters. The molecule has 108 valence electrons. The fraction of sp³-hybridized carbons (Fsp3) is 0.750. The van der Waals surface area contributed by atoms with Crippen LogP contribution in [0.2, 0.25) is 0 Å². The van der Waals surface area contributed by atoms with Gasteiger partial charge in [-0.05, 0) is 70.9 Å². The Balaban J connectivity index is 1.47. The van der Waals surface area contributed by atoms with E-state index in [4.69, 9.17) is 4.42 Å². The molecule has 1 aliphatic rings. The Morgan fingerprint density at radius 1 is 1.11 bits per heavy atom. The molecule has 1 saturated heterocycles. The van der Waals surface area contributed by atoms with E-state index in [-0.39, 0.29) is 0 Å². The van der Waals surface area contributed by atoms with Gasteiger partial charge >= 0.3 is 0 Å². The molecule has 1 aromatic heterocycles. The topological polar surface area (TPSA) is 28.4 Å². The highest BCUT2D eigenvalue weighted by Gasteiger charge is 2.07. The SMILES string of the molecule is Cc1ccc(CNCCCCN2CCCCCC2)o1. The molecular formula is C16H28N2O. The van der Waals surface area contributed by atoms with Gasteiger partial charge in [-0.25, -0.2) is 0 Å². The van der Waals surface area contributed by atoms with E-state index < -0.39 is 0 Å². The molecule has 0 bridgehead atoms. The zero-order valence-electron chi connectivity index (χ0n) is 12.3. The summed E-state index contributed by atoms with van der Waals surface area (Å²) in [5, 5.41) is 3.45. The van der Waals surface area contributed by atoms with Gasteiger partial charge in [-0.3, -0.25) is 0 Å². The highest BCUT2D eigenvalue weighted by Crippen LogP contribution is 2.10. The van der Waals surface area contributed by atoms with Crippen LogP contribution in [0, 0.1) is 6.92 Å². The van der Waals surface area contributed by atoms with E-state index >= 15 is 0 Å². The molecule has 3 heteroatoms. The maximum absolute atomic E-state index is 5.53. The molecular weight excluding hydrogens is 236 g/mol. The normalized spacial score (nSPS) is 17.5. The first-order chi connectivity index (χ1) is 9.34. The first-order valence-electron chi connectivity index (χ1n) is 7.83. The van der Waals surface area contributed by atoms with Gasteiger partial charge in [0.2, 0.25) is 0 Å². The van der Waals surface area contributed by atoms with Crippen LogP contribution in [0.4, 0.5) is 0 Å². The van der Waals surface area contributed by atoms with Crippen LogP contribution in [-0.2, 0) is 6.54 Å². The quantitative estimate of drug-likeness (QED) is 0.766. The molecule has 1 fully saturated rings. The Kier molecular flexibility index (Phi) is 6.45. The largest absolute Gasteiger partial charge is 0.465 e. The van der Waals surface area contributed by atoms with Crippen LogP contribution in [0.5, 0.6) is 0 Å². The summed E-state index contributed by atoms with van der Waals surface area (Å²) in [6.07, 6.45) is 8.23. The maximum atomic E-state index is 5.53. The number of rotatable bonds is 7. The van der Waals surface area contributed by atoms with Gasteiger partial charge in [0, 0.05) is 0 Å². The van der Waals surface area contributed by atoms with Crippen LogP contribution < -0.4 is 5.32 Å². The molecule has 0 aliphatic carbocycles. The smallest absolute Gasteiger partial charge is 0.117 e. The Morgan fingerprint density at radius 3 is 2.58 bits per heavy atom. The van der Waals surface area contributed by atoms with Gasteiger partial charge in [-0.2, -0.15) is 0 Å². The van der Waals surface area contributed by atoms with Gasteiger partial charge in [0.1, 0.15) is 11.5 Å². The van der Waals surface area contributed by atoms with E-state index in [1.807, 2.05) is 13.0 Å². The van der Waals surface area contributed by atoms with Crippen molar-refractivity contribution >= 4 is 0 Å². The van der Waals surface area contributed by atoms with Crippen molar-refractivity contribution in [3.63, 3.8) is 0 Å². The Bertz CT molecular complexity index is 340. The van der Waals surface area contributed by atoms with Crippen molar-refractivity contribution in [3.05, 3.63) is 23.7 Å². The molecule has 19 heavy (non-hydrogen) atoms. The number of nitrogens with zero attached hydrogens (tertiary/aromatic N) is 1. The zero-order chi connectivity index (χ0) is 13.3. The number of hydrogen-bond donors (Lipinski definition) is 1. The van der Waals surface area contributed by atoms with Gasteiger partial charge in [0.25, 0.3) is 0 Å². The summed E-state index contributed by atoms with van der Waals surface area (Å²) in [5.41, 5.74) is 0. The fourth-order valence-corrected chi connectivity index (χ4v) is 2.74. The predicted octanol–water partition coefficient (Wildman–Crippen LogP) is 3.33. The predicted molar refractivity (Wildman–Crippen MR) is 79.3 cm³/mol. The Labute approximate surface area is 117 Å². The summed E-state index contributed by atoms with van der Waals surface area (Å²) >= 11 is 0. The van der Waals surface area contributed by atoms with Crippen molar-refractivity contribution < 1.29 is 4.42 Å². The van der Waals surface area contributed by atoms with Crippen LogP contribution in [0.1, 0.15) is 50.0 Å². The summed E-state index contributed by atoms with van der Waals surface area (Å²) in [4.78, 5) is 2.64. The Morgan fingerprint density at radius 2 is 1.89 bits per heavy atom. The number of aryl methyl sites for hydroxylation is 1. The van der Waals surface area contributed by atoms with E-state index in [1.165, 1.54) is 58.2 Å². The second kappa shape index (κ2) is 8.39. The van der Waals surface area contributed by atoms with E-state index in [9.17, 15) is 0 Å². The second-order valence-electron chi connectivity index (χ2n) is 5.65. The lowest BCUT2D eigenvalue weighted by Crippen LogP contribution is -2.26. The third kappa shape index (κ3) is 5.79. The lowest BCUT2D eigenvalue weighted by atomic mass is 10.2. The lowest BCUT2D eigenvalue weighted by Gasteiger charge is -2.19. The average Bonchev–Trinajstić information content (AvgIpc) is 2.66. The average molecular weight is 264 g/mol. The first kappa shape index (κ1) is 14.6. The van der Waals surface area contributed by atoms with Gasteiger partial charge in [-0.1, -0.05) is 12.8 Å². The van der Waals surface area contributed by atoms with Crippen molar-refractivity contribution in [3.8, 4) is 0 Å². The summed E-state index contributed by atoms with van der Waals surface area (Å²) < 4.78 is 5.53. The Hall–Kier alpha value is -0.800. The van der Waals surface area contributed by atoms with E-state index in [0.717, 1.165) is 24.6 Å². The van der Waals surface area contributed by atoms with Gasteiger partial charge in [0.05, 0.1) is 6.54 Å². The standard InChI is InChI=1S/C16H28N2O/c1-15-8-9-16(19-15)14-17-10-4-7-13-18-11-5-2-3-6-12-18/h8-9,17H,2-7,10-14H2,1H3. The van der Waals surface area contributed by atoms with E-state index in [1.54, 1.807) is 0 Å². The van der Waals surface area contributed by atoms with Crippen molar-refractivity contribution in [1.29, 1.82) is 0 Å². The molecule has 0 radical (unpaired) electrons. The highest BCUT2D eigenvalue weighted by atomic mass is 16.3. The van der Waals surface area contributed by atoms with Crippen LogP contribution in [0.25, 0.3) is 0 Å². The molecule has 0 amide bonds. The molecule has 1 aliphatic heterocycles. The minimum absolute atomic E-state index is 0.859. The monoisotopic (exact) mass is 264 g/mol. The molecule has 1 aromatic rings. The minimum Gasteiger partial charge on any atom is -0.465 e. The molecule has 3 nitrogen and oxygen atoms in total. The number of unbranched alkanes of at least 4 members (excludes halogenated alkanes) is 1. The highest BCUT2D eigenvalue weighted by molar-refractivity contribution is 5.04. The van der Waals surface area contributed by atoms with Gasteiger partial charge in [0.15, 0.2) is 0 Å². The lowest BCUT2D eigenvalue weighted by molar-refractivity contribution is 0.278. The number of likely N-dealkylation sites (tertiary alicyclic amines) is 1. The maximum Gasteiger partial charge on any atom is 0.117 e. The van der Waals surface area contributed by atoms with Crippen molar-refractivity contribution in [1.82, 2.24) is 10.2 Å². The van der Waals surface area contributed by atoms with Gasteiger partial charge in [-0.15, -0.1) is 0 Å². The van der Waals surface area contributed by atoms with Crippen LogP contribution in [0.15, 0.2) is 16.5 Å². The molecule has 2 rings (SSSR count). The summed E-state index contributed by atoms with van der Waals surface area (Å²) in [6, 6.07) is 4.08.